The number of hydrogen-bond donors (Lipinski definition) is 1. The lowest BCUT2D eigenvalue weighted by Crippen LogP contribution is -2.25. The molecular formula is C13H15N3O. The highest BCUT2D eigenvalue weighted by Crippen LogP contribution is 2.09. The summed E-state index contributed by atoms with van der Waals surface area (Å²) in [5, 5.41) is 6.42. The molecule has 0 aliphatic carbocycles. The maximum absolute atomic E-state index is 12.0. The molecule has 0 fully saturated rings. The van der Waals surface area contributed by atoms with E-state index in [0.29, 0.717) is 12.1 Å². The number of carbonyl (C=O) groups excluding carboxylic acids is 1. The molecule has 1 N–H and O–H groups in total. The van der Waals surface area contributed by atoms with E-state index >= 15 is 0 Å². The van der Waals surface area contributed by atoms with E-state index in [1.165, 1.54) is 11.8 Å². The molecule has 1 heterocycles. The predicted molar refractivity (Wildman–Crippen MR) is 65.6 cm³/mol. The summed E-state index contributed by atoms with van der Waals surface area (Å²) in [7, 11) is 1.79. The van der Waals surface area contributed by atoms with Crippen molar-refractivity contribution in [1.29, 1.82) is 0 Å². The molecule has 1 amide bonds. The Bertz CT molecular complexity index is 505. The van der Waals surface area contributed by atoms with Crippen LogP contribution in [0, 0.1) is 6.92 Å². The fourth-order valence-electron chi connectivity index (χ4n) is 1.74. The lowest BCUT2D eigenvalue weighted by molar-refractivity contribution is 0.0785. The number of H-pyrrole nitrogens is 1. The second-order valence-corrected chi connectivity index (χ2v) is 4.14. The Kier molecular flexibility index (Phi) is 3.23. The van der Waals surface area contributed by atoms with Gasteiger partial charge < -0.3 is 4.90 Å². The molecule has 0 bridgehead atoms. The molecule has 2 aromatic rings. The van der Waals surface area contributed by atoms with Crippen LogP contribution >= 0.6 is 0 Å². The zero-order valence-electron chi connectivity index (χ0n) is 9.97. The van der Waals surface area contributed by atoms with E-state index < -0.39 is 0 Å². The van der Waals surface area contributed by atoms with Crippen molar-refractivity contribution in [3.8, 4) is 0 Å². The first kappa shape index (κ1) is 11.4. The monoisotopic (exact) mass is 229 g/mol. The van der Waals surface area contributed by atoms with Gasteiger partial charge in [-0.2, -0.15) is 5.10 Å². The molecule has 4 heteroatoms. The summed E-state index contributed by atoms with van der Waals surface area (Å²) in [4.78, 5) is 13.6. The van der Waals surface area contributed by atoms with Crippen molar-refractivity contribution in [2.45, 2.75) is 13.5 Å². The van der Waals surface area contributed by atoms with Gasteiger partial charge in [0.2, 0.25) is 0 Å². The summed E-state index contributed by atoms with van der Waals surface area (Å²) < 4.78 is 0. The Balaban J connectivity index is 2.07. The Morgan fingerprint density at radius 2 is 2.29 bits per heavy atom. The molecule has 2 rings (SSSR count). The molecule has 0 saturated carbocycles. The van der Waals surface area contributed by atoms with Crippen LogP contribution in [-0.2, 0) is 6.54 Å². The molecule has 0 aliphatic rings. The normalized spacial score (nSPS) is 10.2. The summed E-state index contributed by atoms with van der Waals surface area (Å²) in [5.41, 5.74) is 2.91. The predicted octanol–water partition coefficient (Wildman–Crippen LogP) is 1.99. The number of aromatic amines is 1. The quantitative estimate of drug-likeness (QED) is 0.875. The molecule has 0 spiro atoms. The third kappa shape index (κ3) is 2.72. The van der Waals surface area contributed by atoms with Gasteiger partial charge in [-0.05, 0) is 12.5 Å². The first-order valence-corrected chi connectivity index (χ1v) is 5.46. The maximum atomic E-state index is 12.0. The maximum Gasteiger partial charge on any atom is 0.257 e. The van der Waals surface area contributed by atoms with Crippen LogP contribution in [0.25, 0.3) is 0 Å². The summed E-state index contributed by atoms with van der Waals surface area (Å²) in [6.07, 6.45) is 3.14. The van der Waals surface area contributed by atoms with Gasteiger partial charge in [0.25, 0.3) is 5.91 Å². The van der Waals surface area contributed by atoms with Crippen LogP contribution in [0.1, 0.15) is 21.5 Å². The Labute approximate surface area is 100 Å². The largest absolute Gasteiger partial charge is 0.337 e. The first-order chi connectivity index (χ1) is 8.16. The Morgan fingerprint density at radius 1 is 1.47 bits per heavy atom. The zero-order valence-corrected chi connectivity index (χ0v) is 9.97. The van der Waals surface area contributed by atoms with Crippen molar-refractivity contribution in [1.82, 2.24) is 15.1 Å². The summed E-state index contributed by atoms with van der Waals surface area (Å²) in [6, 6.07) is 8.15. The van der Waals surface area contributed by atoms with E-state index in [1.54, 1.807) is 18.1 Å². The van der Waals surface area contributed by atoms with E-state index in [4.69, 9.17) is 0 Å². The fraction of sp³-hybridized carbons (Fsp3) is 0.231. The van der Waals surface area contributed by atoms with Crippen LogP contribution in [-0.4, -0.2) is 28.1 Å². The lowest BCUT2D eigenvalue weighted by Gasteiger charge is -2.16. The third-order valence-electron chi connectivity index (χ3n) is 2.59. The molecule has 0 aliphatic heterocycles. The molecule has 0 atom stereocenters. The van der Waals surface area contributed by atoms with Gasteiger partial charge in [0.1, 0.15) is 0 Å². The molecule has 17 heavy (non-hydrogen) atoms. The van der Waals surface area contributed by atoms with Gasteiger partial charge in [-0.1, -0.05) is 29.8 Å². The van der Waals surface area contributed by atoms with Gasteiger partial charge >= 0.3 is 0 Å². The minimum absolute atomic E-state index is 0.0275. The van der Waals surface area contributed by atoms with E-state index in [2.05, 4.69) is 16.3 Å². The molecule has 0 saturated heterocycles. The number of benzene rings is 1. The van der Waals surface area contributed by atoms with Crippen molar-refractivity contribution in [3.05, 3.63) is 53.3 Å². The van der Waals surface area contributed by atoms with Crippen molar-refractivity contribution < 1.29 is 4.79 Å². The minimum Gasteiger partial charge on any atom is -0.337 e. The van der Waals surface area contributed by atoms with Gasteiger partial charge in [-0.25, -0.2) is 0 Å². The molecule has 1 aromatic heterocycles. The number of nitrogens with one attached hydrogen (secondary N) is 1. The standard InChI is InChI=1S/C13H15N3O/c1-10-4-3-5-11(6-10)9-16(2)13(17)12-7-14-15-8-12/h3-8H,9H2,1-2H3,(H,14,15). The van der Waals surface area contributed by atoms with E-state index in [0.717, 1.165) is 5.56 Å². The van der Waals surface area contributed by atoms with Crippen LogP contribution in [0.5, 0.6) is 0 Å². The van der Waals surface area contributed by atoms with Crippen LogP contribution in [0.15, 0.2) is 36.7 Å². The SMILES string of the molecule is Cc1cccc(CN(C)C(=O)c2cn[nH]c2)c1. The van der Waals surface area contributed by atoms with Crippen LogP contribution in [0.4, 0.5) is 0 Å². The van der Waals surface area contributed by atoms with Crippen molar-refractivity contribution in [3.63, 3.8) is 0 Å². The third-order valence-corrected chi connectivity index (χ3v) is 2.59. The van der Waals surface area contributed by atoms with Crippen LogP contribution < -0.4 is 0 Å². The molecular weight excluding hydrogens is 214 g/mol. The first-order valence-electron chi connectivity index (χ1n) is 5.46. The van der Waals surface area contributed by atoms with Crippen molar-refractivity contribution in [2.24, 2.45) is 0 Å². The average Bonchev–Trinajstić information content (AvgIpc) is 2.81. The topological polar surface area (TPSA) is 49.0 Å². The molecule has 0 radical (unpaired) electrons. The summed E-state index contributed by atoms with van der Waals surface area (Å²) in [6.45, 7) is 2.65. The number of hydrogen-bond acceptors (Lipinski definition) is 2. The average molecular weight is 229 g/mol. The highest BCUT2D eigenvalue weighted by Gasteiger charge is 2.12. The van der Waals surface area contributed by atoms with E-state index in [-0.39, 0.29) is 5.91 Å². The van der Waals surface area contributed by atoms with Gasteiger partial charge in [-0.3, -0.25) is 9.89 Å². The number of amides is 1. The molecule has 88 valence electrons. The minimum atomic E-state index is -0.0275. The van der Waals surface area contributed by atoms with E-state index in [9.17, 15) is 4.79 Å². The van der Waals surface area contributed by atoms with Crippen LogP contribution in [0.3, 0.4) is 0 Å². The fourth-order valence-corrected chi connectivity index (χ4v) is 1.74. The van der Waals surface area contributed by atoms with Gasteiger partial charge in [0.15, 0.2) is 0 Å². The number of carbonyl (C=O) groups is 1. The number of rotatable bonds is 3. The summed E-state index contributed by atoms with van der Waals surface area (Å²) in [5.74, 6) is -0.0275. The van der Waals surface area contributed by atoms with Gasteiger partial charge in [0.05, 0.1) is 11.8 Å². The number of aromatic nitrogens is 2. The van der Waals surface area contributed by atoms with Crippen molar-refractivity contribution in [2.75, 3.05) is 7.05 Å². The number of aryl methyl sites for hydroxylation is 1. The highest BCUT2D eigenvalue weighted by molar-refractivity contribution is 5.93. The summed E-state index contributed by atoms with van der Waals surface area (Å²) >= 11 is 0. The smallest absolute Gasteiger partial charge is 0.257 e. The highest BCUT2D eigenvalue weighted by atomic mass is 16.2. The second-order valence-electron chi connectivity index (χ2n) is 4.14. The van der Waals surface area contributed by atoms with E-state index in [1.807, 2.05) is 25.1 Å². The van der Waals surface area contributed by atoms with Crippen LogP contribution in [0.2, 0.25) is 0 Å². The molecule has 4 nitrogen and oxygen atoms in total. The zero-order chi connectivity index (χ0) is 12.3. The molecule has 1 aromatic carbocycles. The number of nitrogens with zero attached hydrogens (tertiary/aromatic N) is 2. The second kappa shape index (κ2) is 4.82. The lowest BCUT2D eigenvalue weighted by atomic mass is 10.1. The van der Waals surface area contributed by atoms with Gasteiger partial charge in [0, 0.05) is 19.8 Å². The molecule has 0 unspecified atom stereocenters. The van der Waals surface area contributed by atoms with Crippen molar-refractivity contribution >= 4 is 5.91 Å². The Hall–Kier alpha value is -2.10. The van der Waals surface area contributed by atoms with Gasteiger partial charge in [-0.15, -0.1) is 0 Å². The Morgan fingerprint density at radius 3 is 2.94 bits per heavy atom.